The Morgan fingerprint density at radius 3 is 2.80 bits per heavy atom. The number of carbonyl (C=O) groups is 1. The van der Waals surface area contributed by atoms with E-state index in [-0.39, 0.29) is 5.69 Å². The lowest BCUT2D eigenvalue weighted by atomic mass is 10.4. The molecule has 0 saturated heterocycles. The van der Waals surface area contributed by atoms with Gasteiger partial charge in [-0.2, -0.15) is 8.75 Å². The lowest BCUT2D eigenvalue weighted by Crippen LogP contribution is -2.01. The summed E-state index contributed by atoms with van der Waals surface area (Å²) >= 11 is 0.876. The molecule has 0 bridgehead atoms. The maximum absolute atomic E-state index is 10.3. The molecule has 0 unspecified atom stereocenters. The number of carboxylic acid groups (broad SMARTS) is 1. The zero-order valence-corrected chi connectivity index (χ0v) is 5.97. The first kappa shape index (κ1) is 6.94. The Morgan fingerprint density at radius 1 is 1.70 bits per heavy atom. The molecule has 0 saturated carbocycles. The zero-order valence-electron chi connectivity index (χ0n) is 5.16. The van der Waals surface area contributed by atoms with Gasteiger partial charge in [0.2, 0.25) is 5.69 Å². The summed E-state index contributed by atoms with van der Waals surface area (Å²) in [5.41, 5.74) is -0.0208. The summed E-state index contributed by atoms with van der Waals surface area (Å²) in [7, 11) is 1.60. The number of aromatic carboxylic acids is 1. The van der Waals surface area contributed by atoms with Crippen molar-refractivity contribution in [3.8, 4) is 0 Å². The van der Waals surface area contributed by atoms with Crippen LogP contribution in [0.25, 0.3) is 0 Å². The van der Waals surface area contributed by atoms with Crippen LogP contribution in [0.2, 0.25) is 0 Å². The minimum absolute atomic E-state index is 0.0208. The molecule has 1 heterocycles. The van der Waals surface area contributed by atoms with Gasteiger partial charge in [-0.05, 0) is 0 Å². The van der Waals surface area contributed by atoms with Crippen LogP contribution in [0, 0.1) is 0 Å². The van der Waals surface area contributed by atoms with Crippen LogP contribution in [0.3, 0.4) is 0 Å². The monoisotopic (exact) mass is 159 g/mol. The van der Waals surface area contributed by atoms with E-state index in [1.165, 1.54) is 0 Å². The van der Waals surface area contributed by atoms with E-state index in [0.717, 1.165) is 11.7 Å². The highest BCUT2D eigenvalue weighted by atomic mass is 32.1. The molecule has 1 aromatic heterocycles. The van der Waals surface area contributed by atoms with Crippen LogP contribution in [-0.2, 0) is 0 Å². The molecule has 0 atom stereocenters. The fourth-order valence-electron chi connectivity index (χ4n) is 0.493. The normalized spacial score (nSPS) is 9.30. The van der Waals surface area contributed by atoms with Gasteiger partial charge in [0, 0.05) is 7.05 Å². The van der Waals surface area contributed by atoms with Crippen LogP contribution in [0.1, 0.15) is 10.5 Å². The number of rotatable bonds is 2. The third-order valence-electron chi connectivity index (χ3n) is 0.928. The first-order valence-electron chi connectivity index (χ1n) is 2.49. The molecule has 0 spiro atoms. The number of hydrogen-bond donors (Lipinski definition) is 2. The first-order chi connectivity index (χ1) is 4.75. The molecule has 1 aromatic rings. The van der Waals surface area contributed by atoms with Gasteiger partial charge >= 0.3 is 5.97 Å². The van der Waals surface area contributed by atoms with Gasteiger partial charge in [0.25, 0.3) is 0 Å². The average Bonchev–Trinajstić information content (AvgIpc) is 2.33. The van der Waals surface area contributed by atoms with E-state index in [0.29, 0.717) is 5.82 Å². The number of anilines is 1. The largest absolute Gasteiger partial charge is 0.476 e. The first-order valence-corrected chi connectivity index (χ1v) is 3.22. The van der Waals surface area contributed by atoms with Gasteiger partial charge in [-0.1, -0.05) is 0 Å². The third-order valence-corrected chi connectivity index (χ3v) is 1.46. The van der Waals surface area contributed by atoms with Gasteiger partial charge in [0.1, 0.15) is 0 Å². The van der Waals surface area contributed by atoms with Crippen LogP contribution in [0.5, 0.6) is 0 Å². The number of nitrogens with one attached hydrogen (secondary N) is 1. The minimum Gasteiger partial charge on any atom is -0.476 e. The maximum Gasteiger partial charge on any atom is 0.359 e. The second-order valence-corrected chi connectivity index (χ2v) is 2.05. The van der Waals surface area contributed by atoms with Gasteiger partial charge in [0.05, 0.1) is 11.7 Å². The number of carboxylic acids is 1. The molecule has 10 heavy (non-hydrogen) atoms. The second-order valence-electron chi connectivity index (χ2n) is 1.52. The van der Waals surface area contributed by atoms with E-state index in [2.05, 4.69) is 14.1 Å². The number of nitrogens with zero attached hydrogens (tertiary/aromatic N) is 2. The number of hydrogen-bond acceptors (Lipinski definition) is 5. The summed E-state index contributed by atoms with van der Waals surface area (Å²) in [6, 6.07) is 0. The molecule has 6 heteroatoms. The van der Waals surface area contributed by atoms with Crippen molar-refractivity contribution in [3.05, 3.63) is 5.69 Å². The molecule has 1 rings (SSSR count). The lowest BCUT2D eigenvalue weighted by Gasteiger charge is -1.91. The molecule has 0 fully saturated rings. The van der Waals surface area contributed by atoms with E-state index < -0.39 is 5.97 Å². The molecule has 0 aliphatic carbocycles. The Hall–Kier alpha value is -1.17. The van der Waals surface area contributed by atoms with Crippen LogP contribution >= 0.6 is 11.7 Å². The standard InChI is InChI=1S/C4H5N3O2S/c1-5-3-2(4(8)9)6-10-7-3/h1H3,(H,5,7)(H,8,9). The van der Waals surface area contributed by atoms with Crippen molar-refractivity contribution < 1.29 is 9.90 Å². The second kappa shape index (κ2) is 2.61. The van der Waals surface area contributed by atoms with Gasteiger partial charge in [-0.15, -0.1) is 0 Å². The SMILES string of the molecule is CNc1nsnc1C(=O)O. The van der Waals surface area contributed by atoms with Crippen molar-refractivity contribution >= 4 is 23.5 Å². The smallest absolute Gasteiger partial charge is 0.359 e. The van der Waals surface area contributed by atoms with Gasteiger partial charge < -0.3 is 10.4 Å². The summed E-state index contributed by atoms with van der Waals surface area (Å²) in [4.78, 5) is 10.3. The molecule has 0 aliphatic heterocycles. The molecule has 2 N–H and O–H groups in total. The molecule has 0 amide bonds. The third kappa shape index (κ3) is 1.06. The molecule has 0 radical (unpaired) electrons. The van der Waals surface area contributed by atoms with E-state index >= 15 is 0 Å². The highest BCUT2D eigenvalue weighted by molar-refractivity contribution is 6.99. The summed E-state index contributed by atoms with van der Waals surface area (Å²) in [5.74, 6) is -0.740. The molecular weight excluding hydrogens is 154 g/mol. The maximum atomic E-state index is 10.3. The summed E-state index contributed by atoms with van der Waals surface area (Å²) in [5, 5.41) is 11.1. The van der Waals surface area contributed by atoms with Crippen LogP contribution in [-0.4, -0.2) is 26.9 Å². The van der Waals surface area contributed by atoms with Gasteiger partial charge in [0.15, 0.2) is 5.82 Å². The van der Waals surface area contributed by atoms with Crippen molar-refractivity contribution in [2.75, 3.05) is 12.4 Å². The molecule has 5 nitrogen and oxygen atoms in total. The Labute approximate surface area is 61.0 Å². The van der Waals surface area contributed by atoms with E-state index in [1.807, 2.05) is 0 Å². The van der Waals surface area contributed by atoms with Crippen molar-refractivity contribution in [3.63, 3.8) is 0 Å². The zero-order chi connectivity index (χ0) is 7.56. The fraction of sp³-hybridized carbons (Fsp3) is 0.250. The fourth-order valence-corrected chi connectivity index (χ4v) is 1.04. The quantitative estimate of drug-likeness (QED) is 0.648. The predicted molar refractivity (Wildman–Crippen MR) is 36.4 cm³/mol. The Morgan fingerprint density at radius 2 is 2.40 bits per heavy atom. The molecular formula is C4H5N3O2S. The van der Waals surface area contributed by atoms with Crippen LogP contribution in [0.4, 0.5) is 5.82 Å². The summed E-state index contributed by atoms with van der Waals surface area (Å²) in [6.07, 6.45) is 0. The van der Waals surface area contributed by atoms with Gasteiger partial charge in [-0.3, -0.25) is 0 Å². The van der Waals surface area contributed by atoms with Crippen molar-refractivity contribution in [2.45, 2.75) is 0 Å². The minimum atomic E-state index is -1.06. The molecule has 54 valence electrons. The van der Waals surface area contributed by atoms with Crippen molar-refractivity contribution in [2.24, 2.45) is 0 Å². The van der Waals surface area contributed by atoms with Gasteiger partial charge in [-0.25, -0.2) is 4.79 Å². The topological polar surface area (TPSA) is 75.1 Å². The Kier molecular flexibility index (Phi) is 1.81. The highest BCUT2D eigenvalue weighted by Gasteiger charge is 2.12. The summed E-state index contributed by atoms with van der Waals surface area (Å²) < 4.78 is 7.25. The van der Waals surface area contributed by atoms with Crippen LogP contribution < -0.4 is 5.32 Å². The Balaban J connectivity index is 3.01. The highest BCUT2D eigenvalue weighted by Crippen LogP contribution is 2.09. The van der Waals surface area contributed by atoms with E-state index in [9.17, 15) is 4.79 Å². The molecule has 0 aromatic carbocycles. The average molecular weight is 159 g/mol. The summed E-state index contributed by atoms with van der Waals surface area (Å²) in [6.45, 7) is 0. The Bertz CT molecular complexity index is 246. The number of aromatic nitrogens is 2. The molecule has 0 aliphatic rings. The van der Waals surface area contributed by atoms with Crippen molar-refractivity contribution in [1.29, 1.82) is 0 Å². The lowest BCUT2D eigenvalue weighted by molar-refractivity contribution is 0.0693. The van der Waals surface area contributed by atoms with Crippen molar-refractivity contribution in [1.82, 2.24) is 8.75 Å². The predicted octanol–water partition coefficient (Wildman–Crippen LogP) is 0.278. The van der Waals surface area contributed by atoms with E-state index in [1.54, 1.807) is 7.05 Å². The van der Waals surface area contributed by atoms with Crippen LogP contribution in [0.15, 0.2) is 0 Å². The van der Waals surface area contributed by atoms with E-state index in [4.69, 9.17) is 5.11 Å².